The maximum Gasteiger partial charge on any atom is 0.251 e. The summed E-state index contributed by atoms with van der Waals surface area (Å²) in [6.45, 7) is 9.53. The minimum Gasteiger partial charge on any atom is -0.348 e. The molecule has 0 spiro atoms. The van der Waals surface area contributed by atoms with Crippen molar-refractivity contribution in [2.45, 2.75) is 13.5 Å². The van der Waals surface area contributed by atoms with Gasteiger partial charge in [-0.1, -0.05) is 35.2 Å². The normalized spacial score (nSPS) is 9.89. The Labute approximate surface area is 167 Å². The van der Waals surface area contributed by atoms with Crippen LogP contribution in [0.1, 0.15) is 22.8 Å². The highest BCUT2D eigenvalue weighted by atomic mass is 79.9. The Balaban J connectivity index is 0.000000596. The Bertz CT molecular complexity index is 932. The van der Waals surface area contributed by atoms with Crippen molar-refractivity contribution in [3.8, 4) is 0 Å². The number of carbonyl (C=O) groups excluding carboxylic acids is 1. The second-order valence-electron chi connectivity index (χ2n) is 5.77. The highest BCUT2D eigenvalue weighted by Gasteiger charge is 2.10. The number of hydrogen-bond donors (Lipinski definition) is 1. The predicted molar refractivity (Wildman–Crippen MR) is 113 cm³/mol. The number of fused-ring (bicyclic) bond motifs is 1. The molecule has 6 nitrogen and oxygen atoms in total. The number of nitrogens with zero attached hydrogens (tertiary/aromatic N) is 4. The zero-order valence-electron chi connectivity index (χ0n) is 15.4. The van der Waals surface area contributed by atoms with E-state index in [1.165, 1.54) is 0 Å². The molecule has 140 valence electrons. The fourth-order valence-corrected chi connectivity index (χ4v) is 2.27. The number of rotatable bonds is 5. The van der Waals surface area contributed by atoms with Gasteiger partial charge in [-0.05, 0) is 41.2 Å². The van der Waals surface area contributed by atoms with Crippen LogP contribution < -0.4 is 10.3 Å². The molecule has 1 N–H and O–H groups in total. The first-order valence-corrected chi connectivity index (χ1v) is 9.02. The average Bonchev–Trinajstić information content (AvgIpc) is 3.09. The molecule has 27 heavy (non-hydrogen) atoms. The van der Waals surface area contributed by atoms with Crippen LogP contribution in [0.5, 0.6) is 0 Å². The van der Waals surface area contributed by atoms with Crippen molar-refractivity contribution in [3.05, 3.63) is 84.0 Å². The van der Waals surface area contributed by atoms with Crippen LogP contribution in [0.2, 0.25) is 0 Å². The van der Waals surface area contributed by atoms with E-state index in [1.54, 1.807) is 37.1 Å². The lowest BCUT2D eigenvalue weighted by atomic mass is 10.2. The molecule has 0 unspecified atom stereocenters. The van der Waals surface area contributed by atoms with Gasteiger partial charge in [0.2, 0.25) is 0 Å². The fraction of sp³-hybridized carbons (Fsp3) is 0.150. The first kappa shape index (κ1) is 20.4. The summed E-state index contributed by atoms with van der Waals surface area (Å²) in [6, 6.07) is 9.21. The summed E-state index contributed by atoms with van der Waals surface area (Å²) in [4.78, 5) is 20.6. The molecule has 0 aliphatic heterocycles. The van der Waals surface area contributed by atoms with Crippen LogP contribution >= 0.6 is 15.9 Å². The van der Waals surface area contributed by atoms with Gasteiger partial charge in [0.1, 0.15) is 6.33 Å². The molecule has 2 aromatic heterocycles. The molecule has 0 fully saturated rings. The number of pyridine rings is 1. The number of carbonyl (C=O) groups is 1. The quantitative estimate of drug-likeness (QED) is 0.668. The molecule has 1 amide bonds. The van der Waals surface area contributed by atoms with Crippen molar-refractivity contribution in [1.29, 1.82) is 0 Å². The van der Waals surface area contributed by atoms with Gasteiger partial charge < -0.3 is 5.32 Å². The summed E-state index contributed by atoms with van der Waals surface area (Å²) >= 11 is 3.08. The highest BCUT2D eigenvalue weighted by Crippen LogP contribution is 2.15. The van der Waals surface area contributed by atoms with Crippen molar-refractivity contribution in [2.24, 2.45) is 0 Å². The van der Waals surface area contributed by atoms with Gasteiger partial charge in [0, 0.05) is 37.7 Å². The molecule has 0 bridgehead atoms. The Morgan fingerprint density at radius 1 is 1.41 bits per heavy atom. The molecule has 1 aromatic carbocycles. The second-order valence-corrected chi connectivity index (χ2v) is 7.12. The van der Waals surface area contributed by atoms with Gasteiger partial charge in [-0.15, -0.1) is 0 Å². The van der Waals surface area contributed by atoms with Crippen LogP contribution in [0.25, 0.3) is 11.0 Å². The lowest BCUT2D eigenvalue weighted by molar-refractivity contribution is 0.0951. The molecule has 3 rings (SSSR count). The van der Waals surface area contributed by atoms with Crippen molar-refractivity contribution < 1.29 is 4.79 Å². The van der Waals surface area contributed by atoms with Crippen molar-refractivity contribution in [3.63, 3.8) is 0 Å². The molecule has 7 heteroatoms. The molecule has 0 saturated heterocycles. The molecule has 0 aliphatic carbocycles. The summed E-state index contributed by atoms with van der Waals surface area (Å²) < 4.78 is 2.84. The Kier molecular flexibility index (Phi) is 7.31. The number of amides is 1. The summed E-state index contributed by atoms with van der Waals surface area (Å²) in [7, 11) is 1.88. The fourth-order valence-electron chi connectivity index (χ4n) is 2.27. The number of nitrogens with one attached hydrogen (secondary N) is 1. The maximum absolute atomic E-state index is 12.3. The number of allylic oxidation sites excluding steroid dienone is 1. The number of benzene rings is 1. The SMILES string of the molecule is C=C(C)Br.C=CN(C)n1cnc2cc(C(=O)NCc3cccnc3)ccc21. The van der Waals surface area contributed by atoms with E-state index in [9.17, 15) is 4.79 Å². The summed E-state index contributed by atoms with van der Waals surface area (Å²) in [6.07, 6.45) is 6.82. The zero-order valence-corrected chi connectivity index (χ0v) is 17.0. The molecule has 0 radical (unpaired) electrons. The van der Waals surface area contributed by atoms with Gasteiger partial charge in [-0.3, -0.25) is 14.8 Å². The van der Waals surface area contributed by atoms with Crippen molar-refractivity contribution >= 4 is 32.9 Å². The summed E-state index contributed by atoms with van der Waals surface area (Å²) in [5, 5.41) is 4.70. The van der Waals surface area contributed by atoms with Gasteiger partial charge in [-0.25, -0.2) is 9.66 Å². The maximum atomic E-state index is 12.3. The van der Waals surface area contributed by atoms with Crippen LogP contribution in [0.3, 0.4) is 0 Å². The standard InChI is InChI=1S/C17H17N5O.C3H5Br/c1-3-21(2)22-12-20-15-9-14(6-7-16(15)22)17(23)19-11-13-5-4-8-18-10-13;1-3(2)4/h3-10,12H,1,11H2,2H3,(H,19,23);1H2,2H3. The monoisotopic (exact) mass is 427 g/mol. The van der Waals surface area contributed by atoms with E-state index in [0.717, 1.165) is 21.1 Å². The van der Waals surface area contributed by atoms with Crippen molar-refractivity contribution in [2.75, 3.05) is 12.1 Å². The van der Waals surface area contributed by atoms with E-state index in [0.29, 0.717) is 12.1 Å². The third-order valence-corrected chi connectivity index (χ3v) is 3.57. The van der Waals surface area contributed by atoms with Gasteiger partial charge in [0.15, 0.2) is 0 Å². The summed E-state index contributed by atoms with van der Waals surface area (Å²) in [5.74, 6) is -0.137. The van der Waals surface area contributed by atoms with E-state index in [-0.39, 0.29) is 5.91 Å². The van der Waals surface area contributed by atoms with Crippen molar-refractivity contribution in [1.82, 2.24) is 20.0 Å². The van der Waals surface area contributed by atoms with E-state index < -0.39 is 0 Å². The third-order valence-electron chi connectivity index (χ3n) is 3.57. The Morgan fingerprint density at radius 3 is 2.78 bits per heavy atom. The third kappa shape index (κ3) is 5.79. The van der Waals surface area contributed by atoms with Gasteiger partial charge >= 0.3 is 0 Å². The van der Waals surface area contributed by atoms with Gasteiger partial charge in [-0.2, -0.15) is 0 Å². The second kappa shape index (κ2) is 9.68. The smallest absolute Gasteiger partial charge is 0.251 e. The first-order chi connectivity index (χ1) is 12.9. The van der Waals surface area contributed by atoms with E-state index in [4.69, 9.17) is 0 Å². The number of imidazole rings is 1. The van der Waals surface area contributed by atoms with E-state index in [1.807, 2.05) is 41.9 Å². The van der Waals surface area contributed by atoms with E-state index >= 15 is 0 Å². The lowest BCUT2D eigenvalue weighted by Crippen LogP contribution is -2.23. The molecule has 0 atom stereocenters. The zero-order chi connectivity index (χ0) is 19.8. The molecule has 0 aliphatic rings. The molecule has 3 aromatic rings. The van der Waals surface area contributed by atoms with Crippen LogP contribution in [-0.2, 0) is 6.54 Å². The molecular formula is C20H22BrN5O. The lowest BCUT2D eigenvalue weighted by Gasteiger charge is -2.15. The average molecular weight is 428 g/mol. The Morgan fingerprint density at radius 2 is 2.15 bits per heavy atom. The Hall–Kier alpha value is -2.93. The topological polar surface area (TPSA) is 63.1 Å². The first-order valence-electron chi connectivity index (χ1n) is 8.23. The number of hydrogen-bond acceptors (Lipinski definition) is 4. The molecule has 0 saturated carbocycles. The van der Waals surface area contributed by atoms with Gasteiger partial charge in [0.25, 0.3) is 5.91 Å². The predicted octanol–water partition coefficient (Wildman–Crippen LogP) is 3.99. The van der Waals surface area contributed by atoms with Crippen LogP contribution in [0.15, 0.2) is 72.9 Å². The van der Waals surface area contributed by atoms with Crippen LogP contribution in [-0.4, -0.2) is 27.6 Å². The van der Waals surface area contributed by atoms with E-state index in [2.05, 4.69) is 44.4 Å². The highest BCUT2D eigenvalue weighted by molar-refractivity contribution is 9.11. The largest absolute Gasteiger partial charge is 0.348 e. The molecule has 2 heterocycles. The summed E-state index contributed by atoms with van der Waals surface area (Å²) in [5.41, 5.74) is 3.20. The van der Waals surface area contributed by atoms with Crippen LogP contribution in [0.4, 0.5) is 0 Å². The minimum atomic E-state index is -0.137. The van der Waals surface area contributed by atoms with Gasteiger partial charge in [0.05, 0.1) is 11.0 Å². The van der Waals surface area contributed by atoms with Crippen LogP contribution in [0, 0.1) is 0 Å². The number of aromatic nitrogens is 3. The molecular weight excluding hydrogens is 406 g/mol. The number of halogens is 1. The minimum absolute atomic E-state index is 0.137.